The van der Waals surface area contributed by atoms with Gasteiger partial charge in [0.1, 0.15) is 0 Å². The van der Waals surface area contributed by atoms with Crippen LogP contribution in [0.4, 0.5) is 0 Å². The molecule has 0 bridgehead atoms. The molecule has 1 amide bonds. The quantitative estimate of drug-likeness (QED) is 0.898. The molecule has 1 fully saturated rings. The second kappa shape index (κ2) is 7.11. The zero-order valence-corrected chi connectivity index (χ0v) is 13.8. The van der Waals surface area contributed by atoms with E-state index in [2.05, 4.69) is 10.3 Å². The number of rotatable bonds is 5. The second-order valence-electron chi connectivity index (χ2n) is 6.40. The maximum absolute atomic E-state index is 12.4. The van der Waals surface area contributed by atoms with E-state index in [-0.39, 0.29) is 24.7 Å². The van der Waals surface area contributed by atoms with Gasteiger partial charge in [0.2, 0.25) is 12.7 Å². The summed E-state index contributed by atoms with van der Waals surface area (Å²) in [4.78, 5) is 16.5. The number of fused-ring (bicyclic) bond motifs is 1. The largest absolute Gasteiger partial charge is 0.454 e. The molecular weight excluding hydrogens is 320 g/mol. The van der Waals surface area contributed by atoms with Crippen molar-refractivity contribution in [3.8, 4) is 11.5 Å². The first-order valence-electron chi connectivity index (χ1n) is 8.42. The third-order valence-corrected chi connectivity index (χ3v) is 4.59. The molecule has 25 heavy (non-hydrogen) atoms. The highest BCUT2D eigenvalue weighted by Gasteiger charge is 2.29. The molecule has 2 aliphatic heterocycles. The maximum atomic E-state index is 12.4. The number of nitrogens with zero attached hydrogens (tertiary/aromatic N) is 1. The number of hydrogen-bond acceptors (Lipinski definition) is 5. The Morgan fingerprint density at radius 1 is 1.08 bits per heavy atom. The lowest BCUT2D eigenvalue weighted by Gasteiger charge is -2.19. The van der Waals surface area contributed by atoms with Gasteiger partial charge in [-0.1, -0.05) is 6.07 Å². The van der Waals surface area contributed by atoms with Gasteiger partial charge in [-0.3, -0.25) is 9.78 Å². The van der Waals surface area contributed by atoms with Crippen LogP contribution in [-0.4, -0.2) is 36.9 Å². The van der Waals surface area contributed by atoms with E-state index in [0.29, 0.717) is 25.4 Å². The predicted molar refractivity (Wildman–Crippen MR) is 90.4 cm³/mol. The van der Waals surface area contributed by atoms with Gasteiger partial charge in [0.15, 0.2) is 11.5 Å². The minimum absolute atomic E-state index is 0.00547. The molecule has 2 aromatic rings. The lowest BCUT2D eigenvalue weighted by atomic mass is 9.95. The molecule has 0 saturated carbocycles. The molecule has 2 aliphatic rings. The summed E-state index contributed by atoms with van der Waals surface area (Å²) in [5, 5.41) is 3.11. The van der Waals surface area contributed by atoms with Crippen LogP contribution in [0.3, 0.4) is 0 Å². The molecule has 1 saturated heterocycles. The number of carbonyl (C=O) groups is 1. The molecule has 0 aliphatic carbocycles. The van der Waals surface area contributed by atoms with Crippen molar-refractivity contribution in [3.63, 3.8) is 0 Å². The van der Waals surface area contributed by atoms with Crippen LogP contribution in [0.5, 0.6) is 11.5 Å². The predicted octanol–water partition coefficient (Wildman–Crippen LogP) is 1.73. The van der Waals surface area contributed by atoms with E-state index < -0.39 is 0 Å². The highest BCUT2D eigenvalue weighted by molar-refractivity contribution is 5.79. The van der Waals surface area contributed by atoms with Crippen LogP contribution in [0.1, 0.15) is 11.1 Å². The molecule has 1 aromatic carbocycles. The summed E-state index contributed by atoms with van der Waals surface area (Å²) >= 11 is 0. The summed E-state index contributed by atoms with van der Waals surface area (Å²) in [6, 6.07) is 9.65. The normalized spacial score (nSPS) is 21.3. The SMILES string of the molecule is O=C(Cc1ccc2c(c1)OCO2)N[C@@H]1COC[C@H]1Cc1ccncc1. The van der Waals surface area contributed by atoms with Crippen molar-refractivity contribution in [1.82, 2.24) is 10.3 Å². The summed E-state index contributed by atoms with van der Waals surface area (Å²) in [5.74, 6) is 1.70. The van der Waals surface area contributed by atoms with E-state index in [0.717, 1.165) is 17.7 Å². The van der Waals surface area contributed by atoms with Crippen molar-refractivity contribution in [2.75, 3.05) is 20.0 Å². The monoisotopic (exact) mass is 340 g/mol. The molecule has 2 atom stereocenters. The fourth-order valence-corrected chi connectivity index (χ4v) is 3.28. The van der Waals surface area contributed by atoms with Crippen LogP contribution in [0.25, 0.3) is 0 Å². The van der Waals surface area contributed by atoms with E-state index >= 15 is 0 Å². The maximum Gasteiger partial charge on any atom is 0.231 e. The van der Waals surface area contributed by atoms with Crippen LogP contribution in [0.2, 0.25) is 0 Å². The number of benzene rings is 1. The smallest absolute Gasteiger partial charge is 0.231 e. The lowest BCUT2D eigenvalue weighted by Crippen LogP contribution is -2.41. The Kier molecular flexibility index (Phi) is 4.52. The second-order valence-corrected chi connectivity index (χ2v) is 6.40. The first-order valence-corrected chi connectivity index (χ1v) is 8.42. The minimum Gasteiger partial charge on any atom is -0.454 e. The third-order valence-electron chi connectivity index (χ3n) is 4.59. The summed E-state index contributed by atoms with van der Waals surface area (Å²) in [6.45, 7) is 1.46. The molecule has 130 valence electrons. The Morgan fingerprint density at radius 3 is 2.80 bits per heavy atom. The van der Waals surface area contributed by atoms with Crippen LogP contribution in [0, 0.1) is 5.92 Å². The number of aromatic nitrogens is 1. The first kappa shape index (κ1) is 15.9. The molecule has 4 rings (SSSR count). The lowest BCUT2D eigenvalue weighted by molar-refractivity contribution is -0.121. The zero-order valence-electron chi connectivity index (χ0n) is 13.8. The highest BCUT2D eigenvalue weighted by atomic mass is 16.7. The fourth-order valence-electron chi connectivity index (χ4n) is 3.28. The Bertz CT molecular complexity index is 750. The standard InChI is InChI=1S/C19H20N2O4/c22-19(9-14-1-2-17-18(8-14)25-12-24-17)21-16-11-23-10-15(16)7-13-3-5-20-6-4-13/h1-6,8,15-16H,7,9-12H2,(H,21,22)/t15-,16-/m1/s1. The number of ether oxygens (including phenoxy) is 3. The summed E-state index contributed by atoms with van der Waals surface area (Å²) in [7, 11) is 0. The van der Waals surface area contributed by atoms with Crippen molar-refractivity contribution in [1.29, 1.82) is 0 Å². The van der Waals surface area contributed by atoms with Gasteiger partial charge in [0.25, 0.3) is 0 Å². The van der Waals surface area contributed by atoms with Gasteiger partial charge in [0.05, 0.1) is 25.7 Å². The van der Waals surface area contributed by atoms with Crippen molar-refractivity contribution < 1.29 is 19.0 Å². The topological polar surface area (TPSA) is 69.7 Å². The fraction of sp³-hybridized carbons (Fsp3) is 0.368. The third kappa shape index (κ3) is 3.74. The average Bonchev–Trinajstić information content (AvgIpc) is 3.25. The van der Waals surface area contributed by atoms with Gasteiger partial charge >= 0.3 is 0 Å². The molecular formula is C19H20N2O4. The minimum atomic E-state index is -0.00547. The van der Waals surface area contributed by atoms with E-state index in [1.165, 1.54) is 5.56 Å². The summed E-state index contributed by atoms with van der Waals surface area (Å²) < 4.78 is 16.2. The van der Waals surface area contributed by atoms with Gasteiger partial charge in [-0.2, -0.15) is 0 Å². The van der Waals surface area contributed by atoms with Crippen LogP contribution < -0.4 is 14.8 Å². The van der Waals surface area contributed by atoms with Gasteiger partial charge in [-0.05, 0) is 41.8 Å². The number of hydrogen-bond donors (Lipinski definition) is 1. The molecule has 0 unspecified atom stereocenters. The molecule has 6 heteroatoms. The van der Waals surface area contributed by atoms with E-state index in [1.54, 1.807) is 12.4 Å². The Hall–Kier alpha value is -2.60. The highest BCUT2D eigenvalue weighted by Crippen LogP contribution is 2.32. The number of nitrogens with one attached hydrogen (secondary N) is 1. The van der Waals surface area contributed by atoms with Crippen LogP contribution in [0.15, 0.2) is 42.7 Å². The molecule has 3 heterocycles. The van der Waals surface area contributed by atoms with Crippen molar-refractivity contribution in [2.45, 2.75) is 18.9 Å². The summed E-state index contributed by atoms with van der Waals surface area (Å²) in [6.07, 6.45) is 4.77. The van der Waals surface area contributed by atoms with Gasteiger partial charge in [-0.15, -0.1) is 0 Å². The van der Waals surface area contributed by atoms with E-state index in [4.69, 9.17) is 14.2 Å². The molecule has 0 radical (unpaired) electrons. The van der Waals surface area contributed by atoms with Crippen LogP contribution in [-0.2, 0) is 22.4 Å². The first-order chi connectivity index (χ1) is 12.3. The van der Waals surface area contributed by atoms with E-state index in [9.17, 15) is 4.79 Å². The number of carbonyl (C=O) groups excluding carboxylic acids is 1. The van der Waals surface area contributed by atoms with Crippen LogP contribution >= 0.6 is 0 Å². The molecule has 1 aromatic heterocycles. The number of pyridine rings is 1. The number of amides is 1. The van der Waals surface area contributed by atoms with E-state index in [1.807, 2.05) is 30.3 Å². The Balaban J connectivity index is 1.35. The Morgan fingerprint density at radius 2 is 1.92 bits per heavy atom. The zero-order chi connectivity index (χ0) is 17.1. The van der Waals surface area contributed by atoms with Crippen molar-refractivity contribution in [3.05, 3.63) is 53.9 Å². The molecule has 0 spiro atoms. The van der Waals surface area contributed by atoms with Crippen molar-refractivity contribution >= 4 is 5.91 Å². The summed E-state index contributed by atoms with van der Waals surface area (Å²) in [5.41, 5.74) is 2.12. The van der Waals surface area contributed by atoms with Crippen molar-refractivity contribution in [2.24, 2.45) is 5.92 Å². The molecule has 6 nitrogen and oxygen atoms in total. The van der Waals surface area contributed by atoms with Gasteiger partial charge < -0.3 is 19.5 Å². The average molecular weight is 340 g/mol. The Labute approximate surface area is 146 Å². The van der Waals surface area contributed by atoms with Gasteiger partial charge in [-0.25, -0.2) is 0 Å². The molecule has 1 N–H and O–H groups in total. The van der Waals surface area contributed by atoms with Gasteiger partial charge in [0, 0.05) is 18.3 Å².